The third-order valence-electron chi connectivity index (χ3n) is 9.52. The molecule has 1 unspecified atom stereocenters. The molecular weight excluding hydrogens is 636 g/mol. The zero-order chi connectivity index (χ0) is 30.2. The van der Waals surface area contributed by atoms with Gasteiger partial charge in [0.15, 0.2) is 0 Å². The van der Waals surface area contributed by atoms with Crippen LogP contribution >= 0.6 is 6.56 Å². The summed E-state index contributed by atoms with van der Waals surface area (Å²) in [5.41, 5.74) is 4.78. The van der Waals surface area contributed by atoms with E-state index in [1.54, 1.807) is 0 Å². The van der Waals surface area contributed by atoms with Gasteiger partial charge in [-0.1, -0.05) is 0 Å². The predicted octanol–water partition coefficient (Wildman–Crippen LogP) is 11.1. The molecule has 1 saturated carbocycles. The van der Waals surface area contributed by atoms with Gasteiger partial charge in [0.2, 0.25) is 0 Å². The van der Waals surface area contributed by atoms with Gasteiger partial charge in [-0.2, -0.15) is 0 Å². The Morgan fingerprint density at radius 3 is 1.69 bits per heavy atom. The molecule has 45 heavy (non-hydrogen) atoms. The Morgan fingerprint density at radius 2 is 1.11 bits per heavy atom. The summed E-state index contributed by atoms with van der Waals surface area (Å²) in [6.07, 6.45) is 6.23. The van der Waals surface area contributed by atoms with Gasteiger partial charge in [-0.05, 0) is 0 Å². The first kappa shape index (κ1) is 28.8. The molecule has 224 valence electrons. The van der Waals surface area contributed by atoms with Gasteiger partial charge in [0.05, 0.1) is 0 Å². The van der Waals surface area contributed by atoms with E-state index in [0.29, 0.717) is 12.5 Å². The van der Waals surface area contributed by atoms with Gasteiger partial charge >= 0.3 is 275 Å². The standard InChI is InChI=1S/C40H36NO2PSe/c45-44(41(28-29-14-4-1-5-15-29)40(32-18-6-2-7-19-32)33-20-8-3-9-21-33)42-36-26-24-30-16-10-12-22-34(30)38(36)39-35-23-13-11-17-31(35)25-27-37(39)43-44/h1-2,4-7,10-19,22-27,33,40H,3,8-9,20-21,28H2. The fourth-order valence-electron chi connectivity index (χ4n) is 7.44. The molecule has 0 spiro atoms. The summed E-state index contributed by atoms with van der Waals surface area (Å²) in [4.78, 5) is 0. The van der Waals surface area contributed by atoms with Crippen molar-refractivity contribution in [3.63, 3.8) is 0 Å². The first-order valence-electron chi connectivity index (χ1n) is 16.1. The van der Waals surface area contributed by atoms with Gasteiger partial charge in [-0.3, -0.25) is 0 Å². The number of hydrogen-bond acceptors (Lipinski definition) is 3. The van der Waals surface area contributed by atoms with E-state index in [0.717, 1.165) is 22.6 Å². The molecule has 1 aliphatic heterocycles. The summed E-state index contributed by atoms with van der Waals surface area (Å²) in [6.45, 7) is -2.17. The van der Waals surface area contributed by atoms with Gasteiger partial charge in [0.25, 0.3) is 0 Å². The number of rotatable bonds is 6. The summed E-state index contributed by atoms with van der Waals surface area (Å²) >= 11 is 3.61. The van der Waals surface area contributed by atoms with Gasteiger partial charge < -0.3 is 0 Å². The fourth-order valence-corrected chi connectivity index (χ4v) is 11.5. The molecule has 5 heteroatoms. The van der Waals surface area contributed by atoms with Crippen molar-refractivity contribution in [3.05, 3.63) is 145 Å². The Kier molecular flexibility index (Phi) is 7.85. The molecule has 0 aromatic heterocycles. The minimum atomic E-state index is -2.88. The van der Waals surface area contributed by atoms with Crippen molar-refractivity contribution in [2.75, 3.05) is 0 Å². The third-order valence-corrected chi connectivity index (χ3v) is 13.7. The van der Waals surface area contributed by atoms with Crippen molar-refractivity contribution in [2.24, 2.45) is 5.92 Å². The van der Waals surface area contributed by atoms with Crippen LogP contribution in [0.5, 0.6) is 11.5 Å². The summed E-state index contributed by atoms with van der Waals surface area (Å²) in [7, 11) is 0. The van der Waals surface area contributed by atoms with Crippen molar-refractivity contribution in [2.45, 2.75) is 44.7 Å². The Balaban J connectivity index is 1.37. The molecule has 1 aliphatic carbocycles. The number of benzene rings is 6. The summed E-state index contributed by atoms with van der Waals surface area (Å²) in [6, 6.07) is 47.9. The van der Waals surface area contributed by atoms with Crippen LogP contribution in [0.25, 0.3) is 32.7 Å². The second-order valence-electron chi connectivity index (χ2n) is 12.3. The average molecular weight is 673 g/mol. The fraction of sp³-hybridized carbons (Fsp3) is 0.200. The number of nitrogens with zero attached hydrogens (tertiary/aromatic N) is 1. The van der Waals surface area contributed by atoms with Crippen molar-refractivity contribution in [1.29, 1.82) is 0 Å². The molecule has 8 rings (SSSR count). The molecule has 0 saturated heterocycles. The van der Waals surface area contributed by atoms with Gasteiger partial charge in [0, 0.05) is 0 Å². The van der Waals surface area contributed by atoms with Crippen molar-refractivity contribution in [3.8, 4) is 22.6 Å². The average Bonchev–Trinajstić information content (AvgIpc) is 3.23. The van der Waals surface area contributed by atoms with E-state index in [9.17, 15) is 0 Å². The van der Waals surface area contributed by atoms with Crippen LogP contribution in [0, 0.1) is 5.92 Å². The quantitative estimate of drug-likeness (QED) is 0.130. The molecule has 0 amide bonds. The van der Waals surface area contributed by atoms with Crippen molar-refractivity contribution >= 4 is 43.7 Å². The van der Waals surface area contributed by atoms with E-state index in [-0.39, 0.29) is 6.04 Å². The van der Waals surface area contributed by atoms with E-state index in [2.05, 4.69) is 154 Å². The monoisotopic (exact) mass is 673 g/mol. The number of hydrogen-bond donors (Lipinski definition) is 0. The van der Waals surface area contributed by atoms with Gasteiger partial charge in [-0.15, -0.1) is 0 Å². The van der Waals surface area contributed by atoms with Crippen LogP contribution in [-0.2, 0) is 6.54 Å². The molecule has 6 aromatic carbocycles. The van der Waals surface area contributed by atoms with Crippen molar-refractivity contribution in [1.82, 2.24) is 4.67 Å². The van der Waals surface area contributed by atoms with Gasteiger partial charge in [0.1, 0.15) is 0 Å². The molecule has 1 fully saturated rings. The topological polar surface area (TPSA) is 21.7 Å². The molecule has 6 aromatic rings. The van der Waals surface area contributed by atoms with E-state index >= 15 is 0 Å². The number of fused-ring (bicyclic) bond motifs is 7. The first-order valence-corrected chi connectivity index (χ1v) is 19.9. The van der Waals surface area contributed by atoms with Crippen LogP contribution in [0.1, 0.15) is 49.3 Å². The second kappa shape index (κ2) is 12.3. The van der Waals surface area contributed by atoms with Crippen LogP contribution < -0.4 is 9.05 Å². The Labute approximate surface area is 274 Å². The third kappa shape index (κ3) is 5.45. The maximum absolute atomic E-state index is 7.37. The molecule has 0 radical (unpaired) electrons. The predicted molar refractivity (Wildman–Crippen MR) is 189 cm³/mol. The van der Waals surface area contributed by atoms with E-state index in [1.807, 2.05) is 0 Å². The van der Waals surface area contributed by atoms with Gasteiger partial charge in [-0.25, -0.2) is 0 Å². The van der Waals surface area contributed by atoms with Crippen LogP contribution in [-0.4, -0.2) is 20.2 Å². The molecule has 2 aliphatic rings. The minimum absolute atomic E-state index is 0.132. The summed E-state index contributed by atoms with van der Waals surface area (Å²) < 4.78 is 17.3. The molecule has 3 nitrogen and oxygen atoms in total. The maximum atomic E-state index is 7.37. The van der Waals surface area contributed by atoms with Crippen LogP contribution in [0.15, 0.2) is 133 Å². The van der Waals surface area contributed by atoms with Crippen molar-refractivity contribution < 1.29 is 9.05 Å². The molecule has 1 atom stereocenters. The SMILES string of the molecule is [Se-][P+]1(N(Cc2ccccc2)C(c2ccccc2)C2CCCCC2)Oc2ccc3ccccc3c2-c2c(ccc3ccccc23)O1. The van der Waals surface area contributed by atoms with Crippen LogP contribution in [0.2, 0.25) is 0 Å². The van der Waals surface area contributed by atoms with E-state index in [4.69, 9.17) is 9.05 Å². The summed E-state index contributed by atoms with van der Waals surface area (Å²) in [5, 5.41) is 4.72. The first-order chi connectivity index (χ1) is 22.2. The molecule has 0 bridgehead atoms. The van der Waals surface area contributed by atoms with Crippen LogP contribution in [0.4, 0.5) is 0 Å². The second-order valence-corrected chi connectivity index (χ2v) is 17.0. The Bertz CT molecular complexity index is 1870. The van der Waals surface area contributed by atoms with E-state index < -0.39 is 6.56 Å². The zero-order valence-corrected chi connectivity index (χ0v) is 27.8. The molecular formula is C40H36NO2PSe. The Morgan fingerprint density at radius 1 is 0.600 bits per heavy atom. The van der Waals surface area contributed by atoms with Crippen LogP contribution in [0.3, 0.4) is 0 Å². The molecule has 0 N–H and O–H groups in total. The summed E-state index contributed by atoms with van der Waals surface area (Å²) in [5.74, 6) is 2.23. The Hall–Kier alpha value is -3.65. The van der Waals surface area contributed by atoms with E-state index in [1.165, 1.54) is 64.8 Å². The molecule has 1 heterocycles. The normalized spacial score (nSPS) is 16.8. The zero-order valence-electron chi connectivity index (χ0n) is 25.2.